The molecule has 0 spiro atoms. The maximum atomic E-state index is 11.6. The summed E-state index contributed by atoms with van der Waals surface area (Å²) in [5, 5.41) is 14.6. The topological polar surface area (TPSA) is 87.4 Å². The molecule has 0 bridgehead atoms. The maximum absolute atomic E-state index is 11.6. The molecule has 2 aliphatic heterocycles. The average Bonchev–Trinajstić information content (AvgIpc) is 3.06. The minimum absolute atomic E-state index is 0.148. The van der Waals surface area contributed by atoms with Crippen molar-refractivity contribution in [1.82, 2.24) is 30.3 Å². The number of aliphatic imine (C=N–C) groups is 1. The van der Waals surface area contributed by atoms with Crippen LogP contribution in [0.3, 0.4) is 0 Å². The van der Waals surface area contributed by atoms with Crippen LogP contribution in [0.1, 0.15) is 44.3 Å². The Morgan fingerprint density at radius 3 is 2.70 bits per heavy atom. The highest BCUT2D eigenvalue weighted by Gasteiger charge is 2.24. The SMILES string of the molecule is CCNC(=NCC1CCc2nnc(C)n2C1)N1CCC(CC(=O)NC)CC1. The standard InChI is InChI=1S/C19H33N7O/c1-4-21-19(25-9-7-15(8-10-25)11-18(27)20-3)22-12-16-5-6-17-24-23-14(2)26(17)13-16/h15-16H,4-13H2,1-3H3,(H,20,27)(H,21,22). The molecule has 2 aliphatic rings. The smallest absolute Gasteiger partial charge is 0.220 e. The molecule has 27 heavy (non-hydrogen) atoms. The van der Waals surface area contributed by atoms with Crippen molar-refractivity contribution in [3.8, 4) is 0 Å². The molecule has 1 aromatic heterocycles. The van der Waals surface area contributed by atoms with Crippen LogP contribution in [0.15, 0.2) is 4.99 Å². The molecular weight excluding hydrogens is 342 g/mol. The number of aryl methyl sites for hydroxylation is 2. The van der Waals surface area contributed by atoms with Gasteiger partial charge in [0.05, 0.1) is 0 Å². The normalized spacial score (nSPS) is 21.1. The van der Waals surface area contributed by atoms with Gasteiger partial charge in [0.15, 0.2) is 5.96 Å². The van der Waals surface area contributed by atoms with Crippen molar-refractivity contribution in [3.63, 3.8) is 0 Å². The first kappa shape index (κ1) is 19.6. The van der Waals surface area contributed by atoms with Crippen molar-refractivity contribution in [2.24, 2.45) is 16.8 Å². The Kier molecular flexibility index (Phi) is 6.68. The number of carbonyl (C=O) groups excluding carboxylic acids is 1. The largest absolute Gasteiger partial charge is 0.359 e. The highest BCUT2D eigenvalue weighted by molar-refractivity contribution is 5.80. The molecule has 3 heterocycles. The Morgan fingerprint density at radius 2 is 2.00 bits per heavy atom. The number of piperidine rings is 1. The third kappa shape index (κ3) is 4.99. The van der Waals surface area contributed by atoms with Crippen molar-refractivity contribution in [2.75, 3.05) is 33.2 Å². The number of nitrogens with one attached hydrogen (secondary N) is 2. The van der Waals surface area contributed by atoms with Crippen molar-refractivity contribution in [3.05, 3.63) is 11.6 Å². The lowest BCUT2D eigenvalue weighted by Gasteiger charge is -2.34. The lowest BCUT2D eigenvalue weighted by atomic mass is 9.93. The van der Waals surface area contributed by atoms with Gasteiger partial charge in [0.1, 0.15) is 11.6 Å². The van der Waals surface area contributed by atoms with Crippen molar-refractivity contribution >= 4 is 11.9 Å². The van der Waals surface area contributed by atoms with Gasteiger partial charge in [0.2, 0.25) is 5.91 Å². The van der Waals surface area contributed by atoms with E-state index < -0.39 is 0 Å². The molecule has 1 unspecified atom stereocenters. The van der Waals surface area contributed by atoms with Crippen molar-refractivity contribution in [1.29, 1.82) is 0 Å². The molecule has 2 N–H and O–H groups in total. The summed E-state index contributed by atoms with van der Waals surface area (Å²) in [6.07, 6.45) is 4.84. The van der Waals surface area contributed by atoms with Crippen LogP contribution in [0.4, 0.5) is 0 Å². The van der Waals surface area contributed by atoms with Gasteiger partial charge in [-0.3, -0.25) is 9.79 Å². The van der Waals surface area contributed by atoms with Crippen molar-refractivity contribution in [2.45, 2.75) is 52.5 Å². The monoisotopic (exact) mass is 375 g/mol. The highest BCUT2D eigenvalue weighted by atomic mass is 16.1. The molecule has 0 aliphatic carbocycles. The van der Waals surface area contributed by atoms with E-state index >= 15 is 0 Å². The Bertz CT molecular complexity index is 661. The second-order valence-electron chi connectivity index (χ2n) is 7.68. The average molecular weight is 376 g/mol. The summed E-state index contributed by atoms with van der Waals surface area (Å²) in [6, 6.07) is 0. The van der Waals surface area contributed by atoms with Gasteiger partial charge in [0.25, 0.3) is 0 Å². The van der Waals surface area contributed by atoms with Crippen LogP contribution >= 0.6 is 0 Å². The van der Waals surface area contributed by atoms with E-state index in [0.717, 1.165) is 76.0 Å². The number of amides is 1. The summed E-state index contributed by atoms with van der Waals surface area (Å²) < 4.78 is 2.24. The Hall–Kier alpha value is -2.12. The van der Waals surface area contributed by atoms with Gasteiger partial charge in [-0.1, -0.05) is 0 Å². The summed E-state index contributed by atoms with van der Waals surface area (Å²) in [5.41, 5.74) is 0. The number of rotatable bonds is 5. The van der Waals surface area contributed by atoms with E-state index in [1.165, 1.54) is 0 Å². The Labute approximate surface area is 161 Å². The van der Waals surface area contributed by atoms with E-state index in [1.807, 2.05) is 6.92 Å². The molecule has 150 valence electrons. The second-order valence-corrected chi connectivity index (χ2v) is 7.68. The number of guanidine groups is 1. The van der Waals surface area contributed by atoms with E-state index in [-0.39, 0.29) is 5.91 Å². The summed E-state index contributed by atoms with van der Waals surface area (Å²) in [6.45, 7) is 8.73. The number of aromatic nitrogens is 3. The number of hydrogen-bond acceptors (Lipinski definition) is 4. The summed E-state index contributed by atoms with van der Waals surface area (Å²) in [7, 11) is 1.71. The molecule has 1 saturated heterocycles. The van der Waals surface area contributed by atoms with Gasteiger partial charge in [-0.15, -0.1) is 10.2 Å². The number of likely N-dealkylation sites (tertiary alicyclic amines) is 1. The fraction of sp³-hybridized carbons (Fsp3) is 0.789. The first-order valence-electron chi connectivity index (χ1n) is 10.2. The first-order chi connectivity index (χ1) is 13.1. The third-order valence-corrected chi connectivity index (χ3v) is 5.73. The summed E-state index contributed by atoms with van der Waals surface area (Å²) >= 11 is 0. The van der Waals surface area contributed by atoms with Gasteiger partial charge in [-0.05, 0) is 44.9 Å². The van der Waals surface area contributed by atoms with Gasteiger partial charge in [0, 0.05) is 52.6 Å². The zero-order valence-corrected chi connectivity index (χ0v) is 16.9. The maximum Gasteiger partial charge on any atom is 0.220 e. The summed E-state index contributed by atoms with van der Waals surface area (Å²) in [4.78, 5) is 18.9. The van der Waals surface area contributed by atoms with Crippen LogP contribution in [0.5, 0.6) is 0 Å². The zero-order valence-electron chi connectivity index (χ0n) is 16.9. The molecule has 8 nitrogen and oxygen atoms in total. The molecule has 0 aromatic carbocycles. The van der Waals surface area contributed by atoms with Crippen LogP contribution in [0.2, 0.25) is 0 Å². The van der Waals surface area contributed by atoms with Gasteiger partial charge in [-0.2, -0.15) is 0 Å². The van der Waals surface area contributed by atoms with Crippen LogP contribution in [-0.2, 0) is 17.8 Å². The predicted octanol–water partition coefficient (Wildman–Crippen LogP) is 0.963. The highest BCUT2D eigenvalue weighted by Crippen LogP contribution is 2.22. The lowest BCUT2D eigenvalue weighted by Crippen LogP contribution is -2.46. The van der Waals surface area contributed by atoms with E-state index in [4.69, 9.17) is 4.99 Å². The number of nitrogens with zero attached hydrogens (tertiary/aromatic N) is 5. The Morgan fingerprint density at radius 1 is 1.22 bits per heavy atom. The van der Waals surface area contributed by atoms with Crippen molar-refractivity contribution < 1.29 is 4.79 Å². The molecule has 3 rings (SSSR count). The van der Waals surface area contributed by atoms with E-state index in [0.29, 0.717) is 18.3 Å². The van der Waals surface area contributed by atoms with Crippen LogP contribution < -0.4 is 10.6 Å². The molecule has 1 fully saturated rings. The number of hydrogen-bond donors (Lipinski definition) is 2. The first-order valence-corrected chi connectivity index (χ1v) is 10.2. The van der Waals surface area contributed by atoms with Crippen LogP contribution in [-0.4, -0.2) is 64.8 Å². The Balaban J connectivity index is 1.54. The van der Waals surface area contributed by atoms with E-state index in [9.17, 15) is 4.79 Å². The van der Waals surface area contributed by atoms with E-state index in [2.05, 4.69) is 37.2 Å². The molecule has 0 saturated carbocycles. The number of carbonyl (C=O) groups is 1. The van der Waals surface area contributed by atoms with Crippen LogP contribution in [0, 0.1) is 18.8 Å². The quantitative estimate of drug-likeness (QED) is 0.591. The van der Waals surface area contributed by atoms with Gasteiger partial charge >= 0.3 is 0 Å². The fourth-order valence-electron chi connectivity index (χ4n) is 4.03. The summed E-state index contributed by atoms with van der Waals surface area (Å²) in [5.74, 6) is 4.29. The second kappa shape index (κ2) is 9.19. The molecule has 1 aromatic rings. The molecule has 1 amide bonds. The third-order valence-electron chi connectivity index (χ3n) is 5.73. The predicted molar refractivity (Wildman–Crippen MR) is 106 cm³/mol. The zero-order chi connectivity index (χ0) is 19.2. The molecule has 1 atom stereocenters. The lowest BCUT2D eigenvalue weighted by molar-refractivity contribution is -0.121. The molecule has 8 heteroatoms. The van der Waals surface area contributed by atoms with Gasteiger partial charge in [-0.25, -0.2) is 0 Å². The minimum atomic E-state index is 0.148. The van der Waals surface area contributed by atoms with Crippen LogP contribution in [0.25, 0.3) is 0 Å². The minimum Gasteiger partial charge on any atom is -0.359 e. The molecule has 0 radical (unpaired) electrons. The molecular formula is C19H33N7O. The van der Waals surface area contributed by atoms with Gasteiger partial charge < -0.3 is 20.1 Å². The number of fused-ring (bicyclic) bond motifs is 1. The van der Waals surface area contributed by atoms with E-state index in [1.54, 1.807) is 7.05 Å². The fourth-order valence-corrected chi connectivity index (χ4v) is 4.03.